The molecule has 0 N–H and O–H groups in total. The summed E-state index contributed by atoms with van der Waals surface area (Å²) in [6.45, 7) is 13.5. The zero-order chi connectivity index (χ0) is 9.28. The van der Waals surface area contributed by atoms with Crippen molar-refractivity contribution in [3.8, 4) is 0 Å². The van der Waals surface area contributed by atoms with Crippen LogP contribution in [0.1, 0.15) is 40.0 Å². The standard InChI is InChI=1S/C7H11Cl.C3H8/c1-6(2)4-5-7(3)8;1-3-2/h1,3-5H2,2H3;3H2,1-2H3. The molecule has 0 nitrogen and oxygen atoms in total. The Morgan fingerprint density at radius 3 is 1.64 bits per heavy atom. The second kappa shape index (κ2) is 9.77. The summed E-state index contributed by atoms with van der Waals surface area (Å²) in [6, 6.07) is 0. The molecular weight excluding hydrogens is 156 g/mol. The first-order valence-electron chi connectivity index (χ1n) is 4.02. The van der Waals surface area contributed by atoms with Gasteiger partial charge in [-0.05, 0) is 19.8 Å². The molecule has 0 aliphatic rings. The van der Waals surface area contributed by atoms with E-state index in [9.17, 15) is 0 Å². The lowest BCUT2D eigenvalue weighted by molar-refractivity contribution is 0.973. The van der Waals surface area contributed by atoms with E-state index in [1.54, 1.807) is 0 Å². The maximum Gasteiger partial charge on any atom is 0.0112 e. The van der Waals surface area contributed by atoms with Crippen molar-refractivity contribution in [3.05, 3.63) is 23.8 Å². The molecule has 66 valence electrons. The monoisotopic (exact) mass is 174 g/mol. The van der Waals surface area contributed by atoms with Crippen LogP contribution in [0.15, 0.2) is 23.8 Å². The van der Waals surface area contributed by atoms with Crippen LogP contribution < -0.4 is 0 Å². The number of hydrogen-bond donors (Lipinski definition) is 0. The van der Waals surface area contributed by atoms with Crippen LogP contribution in [-0.2, 0) is 0 Å². The largest absolute Gasteiger partial charge is 0.100 e. The Labute approximate surface area is 76.0 Å². The number of hydrogen-bond acceptors (Lipinski definition) is 0. The van der Waals surface area contributed by atoms with Crippen LogP contribution in [0.5, 0.6) is 0 Å². The molecule has 0 amide bonds. The quantitative estimate of drug-likeness (QED) is 0.553. The average molecular weight is 175 g/mol. The predicted octanol–water partition coefficient (Wildman–Crippen LogP) is 4.51. The Hall–Kier alpha value is -0.230. The number of halogens is 1. The fourth-order valence-electron chi connectivity index (χ4n) is 0.349. The second-order valence-corrected chi connectivity index (χ2v) is 3.22. The summed E-state index contributed by atoms with van der Waals surface area (Å²) in [5.74, 6) is 0. The molecule has 0 unspecified atom stereocenters. The van der Waals surface area contributed by atoms with E-state index in [1.165, 1.54) is 6.42 Å². The molecule has 0 aromatic rings. The first-order chi connectivity index (χ1) is 5.04. The van der Waals surface area contributed by atoms with Gasteiger partial charge in [0.05, 0.1) is 0 Å². The normalized spacial score (nSPS) is 8.00. The second-order valence-electron chi connectivity index (χ2n) is 2.68. The highest BCUT2D eigenvalue weighted by atomic mass is 35.5. The van der Waals surface area contributed by atoms with E-state index in [0.717, 1.165) is 18.4 Å². The molecule has 0 saturated carbocycles. The summed E-state index contributed by atoms with van der Waals surface area (Å²) < 4.78 is 0. The van der Waals surface area contributed by atoms with Gasteiger partial charge in [-0.15, -0.1) is 6.58 Å². The third-order valence-electron chi connectivity index (χ3n) is 0.823. The first-order valence-corrected chi connectivity index (χ1v) is 4.40. The van der Waals surface area contributed by atoms with Gasteiger partial charge < -0.3 is 0 Å². The summed E-state index contributed by atoms with van der Waals surface area (Å²) in [6.07, 6.45) is 3.07. The first kappa shape index (κ1) is 13.4. The summed E-state index contributed by atoms with van der Waals surface area (Å²) in [5.41, 5.74) is 1.16. The molecule has 0 aromatic carbocycles. The zero-order valence-electron chi connectivity index (χ0n) is 7.91. The minimum Gasteiger partial charge on any atom is -0.100 e. The minimum absolute atomic E-state index is 0.716. The van der Waals surface area contributed by atoms with Crippen molar-refractivity contribution in [2.45, 2.75) is 40.0 Å². The lowest BCUT2D eigenvalue weighted by Crippen LogP contribution is -1.73. The molecule has 0 rings (SSSR count). The highest BCUT2D eigenvalue weighted by Gasteiger charge is 1.87. The van der Waals surface area contributed by atoms with Crippen molar-refractivity contribution >= 4 is 11.6 Å². The zero-order valence-corrected chi connectivity index (χ0v) is 8.67. The van der Waals surface area contributed by atoms with Crippen molar-refractivity contribution in [1.29, 1.82) is 0 Å². The van der Waals surface area contributed by atoms with Gasteiger partial charge in [0.25, 0.3) is 0 Å². The molecule has 0 radical (unpaired) electrons. The Balaban J connectivity index is 0. The Bertz CT molecular complexity index is 100. The molecule has 0 aliphatic carbocycles. The van der Waals surface area contributed by atoms with Crippen LogP contribution in [0, 0.1) is 0 Å². The van der Waals surface area contributed by atoms with Gasteiger partial charge in [-0.25, -0.2) is 0 Å². The lowest BCUT2D eigenvalue weighted by atomic mass is 10.2. The van der Waals surface area contributed by atoms with Gasteiger partial charge in [0, 0.05) is 5.03 Å². The van der Waals surface area contributed by atoms with Crippen LogP contribution >= 0.6 is 11.6 Å². The van der Waals surface area contributed by atoms with Crippen molar-refractivity contribution in [3.63, 3.8) is 0 Å². The molecule has 0 spiro atoms. The van der Waals surface area contributed by atoms with Crippen molar-refractivity contribution in [2.24, 2.45) is 0 Å². The van der Waals surface area contributed by atoms with E-state index in [1.807, 2.05) is 6.92 Å². The molecular formula is C10H19Cl. The van der Waals surface area contributed by atoms with Crippen LogP contribution in [0.25, 0.3) is 0 Å². The van der Waals surface area contributed by atoms with E-state index in [2.05, 4.69) is 27.0 Å². The van der Waals surface area contributed by atoms with Gasteiger partial charge in [-0.2, -0.15) is 0 Å². The van der Waals surface area contributed by atoms with E-state index >= 15 is 0 Å². The van der Waals surface area contributed by atoms with Crippen molar-refractivity contribution < 1.29 is 0 Å². The molecule has 0 aliphatic heterocycles. The van der Waals surface area contributed by atoms with Crippen LogP contribution in [-0.4, -0.2) is 0 Å². The lowest BCUT2D eigenvalue weighted by Gasteiger charge is -1.93. The average Bonchev–Trinajstić information content (AvgIpc) is 1.85. The van der Waals surface area contributed by atoms with Crippen molar-refractivity contribution in [1.82, 2.24) is 0 Å². The van der Waals surface area contributed by atoms with Gasteiger partial charge in [0.15, 0.2) is 0 Å². The van der Waals surface area contributed by atoms with Gasteiger partial charge >= 0.3 is 0 Å². The Morgan fingerprint density at radius 2 is 1.55 bits per heavy atom. The minimum atomic E-state index is 0.716. The summed E-state index contributed by atoms with van der Waals surface area (Å²) in [4.78, 5) is 0. The summed E-state index contributed by atoms with van der Waals surface area (Å²) in [5, 5.41) is 0.716. The molecule has 0 saturated heterocycles. The van der Waals surface area contributed by atoms with Gasteiger partial charge in [-0.3, -0.25) is 0 Å². The van der Waals surface area contributed by atoms with E-state index < -0.39 is 0 Å². The van der Waals surface area contributed by atoms with Crippen LogP contribution in [0.2, 0.25) is 0 Å². The molecule has 0 bridgehead atoms. The van der Waals surface area contributed by atoms with Crippen LogP contribution in [0.3, 0.4) is 0 Å². The number of rotatable bonds is 3. The Morgan fingerprint density at radius 1 is 1.18 bits per heavy atom. The summed E-state index contributed by atoms with van der Waals surface area (Å²) >= 11 is 5.49. The Kier molecular flexibility index (Phi) is 11.9. The van der Waals surface area contributed by atoms with Gasteiger partial charge in [-0.1, -0.05) is 44.0 Å². The molecule has 11 heavy (non-hydrogen) atoms. The van der Waals surface area contributed by atoms with Crippen LogP contribution in [0.4, 0.5) is 0 Å². The third kappa shape index (κ3) is 25.9. The fraction of sp³-hybridized carbons (Fsp3) is 0.600. The van der Waals surface area contributed by atoms with E-state index in [-0.39, 0.29) is 0 Å². The number of allylic oxidation sites excluding steroid dienone is 2. The molecule has 0 heterocycles. The maximum absolute atomic E-state index is 5.49. The maximum atomic E-state index is 5.49. The molecule has 0 fully saturated rings. The van der Waals surface area contributed by atoms with E-state index in [0.29, 0.717) is 5.03 Å². The molecule has 0 aromatic heterocycles. The highest BCUT2D eigenvalue weighted by molar-refractivity contribution is 6.29. The SMILES string of the molecule is C=C(C)CCC(=C)Cl.CCC. The smallest absolute Gasteiger partial charge is 0.0112 e. The fourth-order valence-corrected chi connectivity index (χ4v) is 0.444. The third-order valence-corrected chi connectivity index (χ3v) is 1.01. The van der Waals surface area contributed by atoms with Gasteiger partial charge in [0.1, 0.15) is 0 Å². The summed E-state index contributed by atoms with van der Waals surface area (Å²) in [7, 11) is 0. The molecule has 1 heteroatoms. The van der Waals surface area contributed by atoms with E-state index in [4.69, 9.17) is 11.6 Å². The topological polar surface area (TPSA) is 0 Å². The highest BCUT2D eigenvalue weighted by Crippen LogP contribution is 2.10. The van der Waals surface area contributed by atoms with Crippen molar-refractivity contribution in [2.75, 3.05) is 0 Å². The molecule has 0 atom stereocenters. The van der Waals surface area contributed by atoms with Gasteiger partial charge in [0.2, 0.25) is 0 Å². The predicted molar refractivity (Wildman–Crippen MR) is 55.0 cm³/mol.